The summed E-state index contributed by atoms with van der Waals surface area (Å²) >= 11 is 0. The highest BCUT2D eigenvalue weighted by Gasteiger charge is 2.43. The molecular formula is C17H19N3O5. The van der Waals surface area contributed by atoms with Gasteiger partial charge in [-0.1, -0.05) is 36.4 Å². The van der Waals surface area contributed by atoms with Gasteiger partial charge >= 0.3 is 5.69 Å². The Labute approximate surface area is 143 Å². The van der Waals surface area contributed by atoms with Crippen LogP contribution in [0.15, 0.2) is 41.3 Å². The van der Waals surface area contributed by atoms with Gasteiger partial charge in [-0.3, -0.25) is 4.57 Å². The minimum atomic E-state index is -1.37. The number of hydrogen-bond acceptors (Lipinski definition) is 7. The molecular weight excluding hydrogens is 326 g/mol. The molecule has 2 aromatic rings. The summed E-state index contributed by atoms with van der Waals surface area (Å²) in [4.78, 5) is 15.9. The number of aliphatic hydroxyl groups excluding tert-OH is 3. The van der Waals surface area contributed by atoms with Gasteiger partial charge in [-0.15, -0.1) is 0 Å². The van der Waals surface area contributed by atoms with Crippen molar-refractivity contribution in [3.05, 3.63) is 58.1 Å². The molecule has 2 heterocycles. The van der Waals surface area contributed by atoms with Crippen molar-refractivity contribution in [1.29, 1.82) is 0 Å². The minimum absolute atomic E-state index is 0.0418. The van der Waals surface area contributed by atoms with Crippen LogP contribution < -0.4 is 11.4 Å². The Morgan fingerprint density at radius 3 is 2.56 bits per heavy atom. The predicted octanol–water partition coefficient (Wildman–Crippen LogP) is -0.393. The van der Waals surface area contributed by atoms with Crippen molar-refractivity contribution in [2.75, 3.05) is 12.3 Å². The number of nitrogen functional groups attached to an aromatic ring is 1. The topological polar surface area (TPSA) is 131 Å². The third-order valence-corrected chi connectivity index (χ3v) is 4.06. The Bertz CT molecular complexity index is 821. The van der Waals surface area contributed by atoms with E-state index in [4.69, 9.17) is 15.6 Å². The summed E-state index contributed by atoms with van der Waals surface area (Å²) < 4.78 is 6.43. The van der Waals surface area contributed by atoms with E-state index in [9.17, 15) is 15.0 Å². The van der Waals surface area contributed by atoms with Crippen LogP contribution >= 0.6 is 0 Å². The molecule has 132 valence electrons. The van der Waals surface area contributed by atoms with Gasteiger partial charge in [0.25, 0.3) is 0 Å². The fourth-order valence-corrected chi connectivity index (χ4v) is 2.67. The largest absolute Gasteiger partial charge is 0.394 e. The molecule has 0 unspecified atom stereocenters. The summed E-state index contributed by atoms with van der Waals surface area (Å²) in [5.74, 6) is 0.0418. The second-order valence-electron chi connectivity index (χ2n) is 5.74. The number of rotatable bonds is 4. The SMILES string of the molecule is Nc1nc(=O)n([C@@H]2O[C@H](CO)[C@@H](O)[C@@H]2O)cc1/C=C/c1ccccc1. The zero-order valence-electron chi connectivity index (χ0n) is 13.3. The first-order valence-electron chi connectivity index (χ1n) is 7.75. The van der Waals surface area contributed by atoms with E-state index in [1.165, 1.54) is 6.20 Å². The highest BCUT2D eigenvalue weighted by atomic mass is 16.6. The molecule has 1 fully saturated rings. The van der Waals surface area contributed by atoms with E-state index in [1.54, 1.807) is 12.2 Å². The lowest BCUT2D eigenvalue weighted by atomic mass is 10.1. The number of nitrogens with two attached hydrogens (primary N) is 1. The number of nitrogens with zero attached hydrogens (tertiary/aromatic N) is 2. The number of aromatic nitrogens is 2. The van der Waals surface area contributed by atoms with Crippen LogP contribution in [0.25, 0.3) is 12.2 Å². The Balaban J connectivity index is 1.94. The second kappa shape index (κ2) is 7.16. The molecule has 0 bridgehead atoms. The predicted molar refractivity (Wildman–Crippen MR) is 91.3 cm³/mol. The van der Waals surface area contributed by atoms with Gasteiger partial charge in [-0.2, -0.15) is 4.98 Å². The molecule has 0 spiro atoms. The number of hydrogen-bond donors (Lipinski definition) is 4. The van der Waals surface area contributed by atoms with Crippen LogP contribution in [0.1, 0.15) is 17.4 Å². The molecule has 0 aliphatic carbocycles. The van der Waals surface area contributed by atoms with Crippen LogP contribution in [-0.2, 0) is 4.74 Å². The number of aliphatic hydroxyl groups is 3. The Kier molecular flexibility index (Phi) is 4.95. The smallest absolute Gasteiger partial charge is 0.351 e. The van der Waals surface area contributed by atoms with Gasteiger partial charge < -0.3 is 25.8 Å². The van der Waals surface area contributed by atoms with E-state index in [2.05, 4.69) is 4.98 Å². The molecule has 4 atom stereocenters. The zero-order valence-corrected chi connectivity index (χ0v) is 13.3. The van der Waals surface area contributed by atoms with Gasteiger partial charge in [-0.05, 0) is 11.6 Å². The maximum atomic E-state index is 12.1. The maximum absolute atomic E-state index is 12.1. The highest BCUT2D eigenvalue weighted by molar-refractivity contribution is 5.73. The minimum Gasteiger partial charge on any atom is -0.394 e. The lowest BCUT2D eigenvalue weighted by Gasteiger charge is -2.18. The Hall–Kier alpha value is -2.52. The van der Waals surface area contributed by atoms with Gasteiger partial charge in [-0.25, -0.2) is 4.79 Å². The number of ether oxygens (including phenoxy) is 1. The monoisotopic (exact) mass is 345 g/mol. The average Bonchev–Trinajstić information content (AvgIpc) is 2.90. The van der Waals surface area contributed by atoms with Crippen molar-refractivity contribution in [2.24, 2.45) is 0 Å². The van der Waals surface area contributed by atoms with Gasteiger partial charge in [0.2, 0.25) is 0 Å². The summed E-state index contributed by atoms with van der Waals surface area (Å²) in [6, 6.07) is 9.49. The second-order valence-corrected chi connectivity index (χ2v) is 5.74. The normalized spacial score (nSPS) is 26.4. The number of anilines is 1. The Morgan fingerprint density at radius 2 is 1.92 bits per heavy atom. The van der Waals surface area contributed by atoms with E-state index in [0.29, 0.717) is 5.56 Å². The summed E-state index contributed by atoms with van der Waals surface area (Å²) in [7, 11) is 0. The van der Waals surface area contributed by atoms with Crippen molar-refractivity contribution in [1.82, 2.24) is 9.55 Å². The van der Waals surface area contributed by atoms with Crippen LogP contribution in [0.2, 0.25) is 0 Å². The maximum Gasteiger partial charge on any atom is 0.351 e. The van der Waals surface area contributed by atoms with Crippen LogP contribution in [0.5, 0.6) is 0 Å². The quantitative estimate of drug-likeness (QED) is 0.593. The van der Waals surface area contributed by atoms with Crippen molar-refractivity contribution >= 4 is 18.0 Å². The van der Waals surface area contributed by atoms with Crippen LogP contribution in [0, 0.1) is 0 Å². The van der Waals surface area contributed by atoms with E-state index >= 15 is 0 Å². The molecule has 1 aliphatic rings. The van der Waals surface area contributed by atoms with Gasteiger partial charge in [0.15, 0.2) is 6.23 Å². The molecule has 1 aliphatic heterocycles. The summed E-state index contributed by atoms with van der Waals surface area (Å²) in [6.07, 6.45) is 0.0946. The molecule has 8 nitrogen and oxygen atoms in total. The molecule has 1 aromatic carbocycles. The molecule has 0 radical (unpaired) electrons. The molecule has 8 heteroatoms. The third-order valence-electron chi connectivity index (χ3n) is 4.06. The lowest BCUT2D eigenvalue weighted by Crippen LogP contribution is -2.36. The van der Waals surface area contributed by atoms with E-state index in [-0.39, 0.29) is 5.82 Å². The van der Waals surface area contributed by atoms with E-state index < -0.39 is 36.8 Å². The van der Waals surface area contributed by atoms with E-state index in [1.807, 2.05) is 30.3 Å². The first kappa shape index (κ1) is 17.3. The molecule has 0 saturated carbocycles. The molecule has 1 aromatic heterocycles. The highest BCUT2D eigenvalue weighted by Crippen LogP contribution is 2.28. The van der Waals surface area contributed by atoms with Gasteiger partial charge in [0.05, 0.1) is 6.61 Å². The average molecular weight is 345 g/mol. The van der Waals surface area contributed by atoms with Crippen molar-refractivity contribution in [3.8, 4) is 0 Å². The number of benzene rings is 1. The molecule has 5 N–H and O–H groups in total. The van der Waals surface area contributed by atoms with E-state index in [0.717, 1.165) is 10.1 Å². The third kappa shape index (κ3) is 3.47. The fourth-order valence-electron chi connectivity index (χ4n) is 2.67. The van der Waals surface area contributed by atoms with Crippen LogP contribution in [0.4, 0.5) is 5.82 Å². The summed E-state index contributed by atoms with van der Waals surface area (Å²) in [6.45, 7) is -0.480. The van der Waals surface area contributed by atoms with Crippen LogP contribution in [0.3, 0.4) is 0 Å². The molecule has 1 saturated heterocycles. The summed E-state index contributed by atoms with van der Waals surface area (Å²) in [5.41, 5.74) is 6.48. The summed E-state index contributed by atoms with van der Waals surface area (Å²) in [5, 5.41) is 29.1. The fraction of sp³-hybridized carbons (Fsp3) is 0.294. The zero-order chi connectivity index (χ0) is 18.0. The Morgan fingerprint density at radius 1 is 1.20 bits per heavy atom. The molecule has 25 heavy (non-hydrogen) atoms. The van der Waals surface area contributed by atoms with Gasteiger partial charge in [0.1, 0.15) is 24.1 Å². The van der Waals surface area contributed by atoms with Crippen molar-refractivity contribution in [3.63, 3.8) is 0 Å². The van der Waals surface area contributed by atoms with Crippen LogP contribution in [-0.4, -0.2) is 49.8 Å². The first-order valence-corrected chi connectivity index (χ1v) is 7.75. The molecule has 0 amide bonds. The van der Waals surface area contributed by atoms with Gasteiger partial charge in [0, 0.05) is 11.8 Å². The lowest BCUT2D eigenvalue weighted by molar-refractivity contribution is -0.0549. The first-order chi connectivity index (χ1) is 12.0. The van der Waals surface area contributed by atoms with Crippen molar-refractivity contribution in [2.45, 2.75) is 24.5 Å². The standard InChI is InChI=1S/C17H19N3O5/c18-15-11(7-6-10-4-2-1-3-5-10)8-20(17(24)19-15)16-14(23)13(22)12(9-21)25-16/h1-8,12-14,16,21-23H,9H2,(H2,18,19,24)/b7-6+/t12-,13-,14+,16-/m1/s1. The van der Waals surface area contributed by atoms with Crippen molar-refractivity contribution < 1.29 is 20.1 Å². The molecule has 3 rings (SSSR count).